The number of fused-ring (bicyclic) bond motifs is 3. The first-order valence-corrected chi connectivity index (χ1v) is 18.6. The molecule has 3 heterocycles. The normalized spacial score (nSPS) is 11.2. The van der Waals surface area contributed by atoms with Crippen molar-refractivity contribution in [1.29, 1.82) is 0 Å². The summed E-state index contributed by atoms with van der Waals surface area (Å²) in [5.41, 5.74) is 9.14. The molecular formula is C40H36IrN2OSi-2. The van der Waals surface area contributed by atoms with E-state index in [0.29, 0.717) is 5.92 Å². The van der Waals surface area contributed by atoms with Gasteiger partial charge in [-0.2, -0.15) is 0 Å². The average Bonchev–Trinajstić information content (AvgIpc) is 3.45. The van der Waals surface area contributed by atoms with Crippen LogP contribution in [0, 0.1) is 12.1 Å². The second-order valence-electron chi connectivity index (χ2n) is 12.3. The number of aromatic nitrogens is 2. The Morgan fingerprint density at radius 2 is 1.47 bits per heavy atom. The van der Waals surface area contributed by atoms with Crippen molar-refractivity contribution in [2.45, 2.75) is 39.4 Å². The van der Waals surface area contributed by atoms with Crippen LogP contribution in [0.3, 0.4) is 0 Å². The molecule has 1 radical (unpaired) electrons. The van der Waals surface area contributed by atoms with E-state index in [2.05, 4.69) is 128 Å². The van der Waals surface area contributed by atoms with Crippen LogP contribution in [0.4, 0.5) is 0 Å². The first-order valence-electron chi connectivity index (χ1n) is 15.1. The fraction of sp³-hybridized carbons (Fsp3) is 0.150. The number of hydrogen-bond donors (Lipinski definition) is 0. The third-order valence-corrected chi connectivity index (χ3v) is 9.89. The van der Waals surface area contributed by atoms with Gasteiger partial charge in [-0.3, -0.25) is 0 Å². The average molecular weight is 781 g/mol. The molecule has 3 aromatic heterocycles. The summed E-state index contributed by atoms with van der Waals surface area (Å²) in [5, 5.41) is 3.61. The Hall–Kier alpha value is -4.15. The fourth-order valence-corrected chi connectivity index (χ4v) is 6.33. The van der Waals surface area contributed by atoms with Crippen LogP contribution < -0.4 is 5.19 Å². The van der Waals surface area contributed by atoms with Crippen LogP contribution in [0.5, 0.6) is 0 Å². The molecule has 45 heavy (non-hydrogen) atoms. The zero-order valence-corrected chi connectivity index (χ0v) is 29.7. The predicted molar refractivity (Wildman–Crippen MR) is 187 cm³/mol. The van der Waals surface area contributed by atoms with E-state index in [1.165, 1.54) is 10.8 Å². The van der Waals surface area contributed by atoms with E-state index in [4.69, 9.17) is 4.42 Å². The molecule has 0 amide bonds. The van der Waals surface area contributed by atoms with E-state index >= 15 is 0 Å². The maximum absolute atomic E-state index is 6.45. The number of hydrogen-bond acceptors (Lipinski definition) is 3. The van der Waals surface area contributed by atoms with Crippen molar-refractivity contribution in [3.8, 4) is 33.6 Å². The molecule has 7 aromatic rings. The Balaban J connectivity index is 0.000000202. The summed E-state index contributed by atoms with van der Waals surface area (Å²) < 4.78 is 6.45. The van der Waals surface area contributed by atoms with Gasteiger partial charge in [-0.15, -0.1) is 54.1 Å². The van der Waals surface area contributed by atoms with E-state index in [9.17, 15) is 0 Å². The van der Waals surface area contributed by atoms with Crippen molar-refractivity contribution < 1.29 is 24.5 Å². The van der Waals surface area contributed by atoms with Crippen molar-refractivity contribution in [3.63, 3.8) is 0 Å². The topological polar surface area (TPSA) is 38.9 Å². The van der Waals surface area contributed by atoms with E-state index in [0.717, 1.165) is 55.6 Å². The van der Waals surface area contributed by atoms with Crippen molar-refractivity contribution in [3.05, 3.63) is 139 Å². The van der Waals surface area contributed by atoms with Crippen LogP contribution >= 0.6 is 0 Å². The van der Waals surface area contributed by atoms with Gasteiger partial charge in [-0.05, 0) is 34.1 Å². The molecule has 0 bridgehead atoms. The summed E-state index contributed by atoms with van der Waals surface area (Å²) in [5.74, 6) is 0.446. The van der Waals surface area contributed by atoms with Crippen molar-refractivity contribution in [2.24, 2.45) is 0 Å². The van der Waals surface area contributed by atoms with Crippen molar-refractivity contribution in [2.75, 3.05) is 0 Å². The SMILES string of the molecule is CC(C)c1ccnc(-c2[c-]ccc3c2oc2c(-c4ccccc4)cccc23)c1.C[Si](C)(C)c1ccc(-c2[c-]cccc2)nc1.[Ir]. The molecule has 3 nitrogen and oxygen atoms in total. The minimum Gasteiger partial charge on any atom is -0.500 e. The number of pyridine rings is 2. The number of para-hydroxylation sites is 1. The summed E-state index contributed by atoms with van der Waals surface area (Å²) in [7, 11) is -1.23. The van der Waals surface area contributed by atoms with Crippen LogP contribution in [0.2, 0.25) is 19.6 Å². The quantitative estimate of drug-likeness (QED) is 0.129. The standard InChI is InChI=1S/C26H20NO.C14H16NSi.Ir/c1-17(2)19-14-15-27-24(16-19)23-13-7-12-22-21-11-6-10-20(25(21)28-26(22)23)18-8-4-3-5-9-18;1-16(2,3)13-9-10-14(15-11-13)12-7-5-4-6-8-12;/h3-12,14-17H,1-2H3;4-7,9-11H,1-3H3;/q2*-1;. The van der Waals surface area contributed by atoms with E-state index in [1.54, 1.807) is 0 Å². The summed E-state index contributed by atoms with van der Waals surface area (Å²) in [4.78, 5) is 9.12. The first kappa shape index (κ1) is 32.2. The minimum atomic E-state index is -1.23. The molecule has 0 atom stereocenters. The molecule has 0 aliphatic heterocycles. The monoisotopic (exact) mass is 781 g/mol. The van der Waals surface area contributed by atoms with Crippen LogP contribution in [0.15, 0.2) is 126 Å². The minimum absolute atomic E-state index is 0. The van der Waals surface area contributed by atoms with Gasteiger partial charge < -0.3 is 14.4 Å². The van der Waals surface area contributed by atoms with Gasteiger partial charge in [0.15, 0.2) is 0 Å². The number of furan rings is 1. The molecule has 0 N–H and O–H groups in total. The molecule has 0 saturated carbocycles. The molecule has 227 valence electrons. The third-order valence-electron chi connectivity index (χ3n) is 7.86. The van der Waals surface area contributed by atoms with Gasteiger partial charge in [0.25, 0.3) is 0 Å². The largest absolute Gasteiger partial charge is 0.500 e. The Morgan fingerprint density at radius 1 is 0.689 bits per heavy atom. The Bertz CT molecular complexity index is 2010. The second-order valence-corrected chi connectivity index (χ2v) is 17.4. The zero-order valence-electron chi connectivity index (χ0n) is 26.3. The van der Waals surface area contributed by atoms with Gasteiger partial charge in [0.05, 0.1) is 13.7 Å². The van der Waals surface area contributed by atoms with Gasteiger partial charge in [0.2, 0.25) is 0 Å². The summed E-state index contributed by atoms with van der Waals surface area (Å²) in [6, 6.07) is 43.7. The molecule has 0 saturated heterocycles. The number of rotatable bonds is 5. The van der Waals surface area contributed by atoms with Crippen LogP contribution in [0.1, 0.15) is 25.3 Å². The fourth-order valence-electron chi connectivity index (χ4n) is 5.29. The van der Waals surface area contributed by atoms with Crippen LogP contribution in [-0.4, -0.2) is 18.0 Å². The van der Waals surface area contributed by atoms with Gasteiger partial charge in [0, 0.05) is 43.4 Å². The maximum atomic E-state index is 6.45. The molecule has 5 heteroatoms. The zero-order chi connectivity index (χ0) is 30.7. The molecule has 7 rings (SSSR count). The van der Waals surface area contributed by atoms with Crippen LogP contribution in [0.25, 0.3) is 55.6 Å². The number of nitrogens with zero attached hydrogens (tertiary/aromatic N) is 2. The predicted octanol–water partition coefficient (Wildman–Crippen LogP) is 10.3. The molecule has 0 unspecified atom stereocenters. The molecule has 0 aliphatic rings. The van der Waals surface area contributed by atoms with Gasteiger partial charge in [0.1, 0.15) is 5.58 Å². The van der Waals surface area contributed by atoms with Gasteiger partial charge in [-0.25, -0.2) is 0 Å². The smallest absolute Gasteiger partial charge is 0.128 e. The summed E-state index contributed by atoms with van der Waals surface area (Å²) in [6.07, 6.45) is 3.89. The van der Waals surface area contributed by atoms with E-state index in [1.807, 2.05) is 48.8 Å². The van der Waals surface area contributed by atoms with Crippen molar-refractivity contribution >= 4 is 35.2 Å². The van der Waals surface area contributed by atoms with E-state index < -0.39 is 8.07 Å². The molecule has 4 aromatic carbocycles. The van der Waals surface area contributed by atoms with Gasteiger partial charge >= 0.3 is 0 Å². The Morgan fingerprint density at radius 3 is 2.16 bits per heavy atom. The Kier molecular flexibility index (Phi) is 9.94. The molecule has 0 fully saturated rings. The summed E-state index contributed by atoms with van der Waals surface area (Å²) >= 11 is 0. The Labute approximate surface area is 280 Å². The third kappa shape index (κ3) is 7.07. The van der Waals surface area contributed by atoms with Crippen molar-refractivity contribution in [1.82, 2.24) is 9.97 Å². The molecule has 0 spiro atoms. The van der Waals surface area contributed by atoms with Crippen LogP contribution in [-0.2, 0) is 20.1 Å². The number of benzene rings is 4. The molecular weight excluding hydrogens is 745 g/mol. The molecule has 0 aliphatic carbocycles. The van der Waals surface area contributed by atoms with E-state index in [-0.39, 0.29) is 20.1 Å². The van der Waals surface area contributed by atoms with Gasteiger partial charge in [-0.1, -0.05) is 117 Å². The maximum Gasteiger partial charge on any atom is 0.128 e. The second kappa shape index (κ2) is 13.9. The first-order chi connectivity index (χ1) is 21.3. The summed E-state index contributed by atoms with van der Waals surface area (Å²) in [6.45, 7) is 11.4.